The number of para-hydroxylation sites is 1. The Morgan fingerprint density at radius 1 is 0.886 bits per heavy atom. The Hall–Kier alpha value is -5.24. The predicted molar refractivity (Wildman–Crippen MR) is 167 cm³/mol. The number of ether oxygens (including phenoxy) is 1. The number of amides is 2. The molecule has 1 atom stereocenters. The van der Waals surface area contributed by atoms with Crippen LogP contribution in [0.3, 0.4) is 0 Å². The molecule has 1 spiro atoms. The van der Waals surface area contributed by atoms with Gasteiger partial charge in [-0.25, -0.2) is 9.67 Å². The van der Waals surface area contributed by atoms with Gasteiger partial charge < -0.3 is 15.0 Å². The fraction of sp³-hybridized carbons (Fsp3) is 0.222. The molecule has 0 saturated carbocycles. The molecule has 3 heterocycles. The Labute approximate surface area is 256 Å². The van der Waals surface area contributed by atoms with Crippen LogP contribution in [0, 0.1) is 6.92 Å². The minimum Gasteiger partial charge on any atom is -0.457 e. The van der Waals surface area contributed by atoms with Gasteiger partial charge in [0.15, 0.2) is 5.82 Å². The van der Waals surface area contributed by atoms with Gasteiger partial charge in [0, 0.05) is 42.7 Å². The fourth-order valence-electron chi connectivity index (χ4n) is 6.58. The summed E-state index contributed by atoms with van der Waals surface area (Å²) in [6, 6.07) is 28.8. The van der Waals surface area contributed by atoms with Gasteiger partial charge in [0.1, 0.15) is 11.5 Å². The average molecular weight is 584 g/mol. The Balaban J connectivity index is 1.03. The van der Waals surface area contributed by atoms with E-state index in [4.69, 9.17) is 4.74 Å². The van der Waals surface area contributed by atoms with Gasteiger partial charge in [0.05, 0.1) is 11.6 Å². The van der Waals surface area contributed by atoms with E-state index in [0.29, 0.717) is 35.8 Å². The second-order valence-corrected chi connectivity index (χ2v) is 11.7. The lowest BCUT2D eigenvalue weighted by atomic mass is 9.73. The van der Waals surface area contributed by atoms with Crippen LogP contribution in [0.4, 0.5) is 0 Å². The van der Waals surface area contributed by atoms with Crippen molar-refractivity contribution < 1.29 is 14.3 Å². The van der Waals surface area contributed by atoms with Crippen molar-refractivity contribution in [2.45, 2.75) is 37.6 Å². The lowest BCUT2D eigenvalue weighted by molar-refractivity contribution is 0.0661. The van der Waals surface area contributed by atoms with Gasteiger partial charge in [0.25, 0.3) is 11.8 Å². The van der Waals surface area contributed by atoms with Crippen LogP contribution in [0.1, 0.15) is 62.7 Å². The summed E-state index contributed by atoms with van der Waals surface area (Å²) >= 11 is 0. The third-order valence-electron chi connectivity index (χ3n) is 8.89. The fourth-order valence-corrected chi connectivity index (χ4v) is 6.58. The molecule has 1 saturated heterocycles. The van der Waals surface area contributed by atoms with E-state index in [0.717, 1.165) is 30.6 Å². The Kier molecular flexibility index (Phi) is 7.18. The molecule has 1 fully saturated rings. The van der Waals surface area contributed by atoms with E-state index >= 15 is 0 Å². The standard InChI is InChI=1S/C36H33N5O3/c1-25-8-14-31-30(22-25)32(39-34(42)27-11-15-33(37-24-27)41-19-5-18-38-41)23-36(31)16-20-40(21-17-36)35(43)26-9-12-29(13-10-26)44-28-6-3-2-4-7-28/h2-15,18-19,22,24,32H,16-17,20-21,23H2,1H3,(H,39,42). The van der Waals surface area contributed by atoms with E-state index in [2.05, 4.69) is 40.5 Å². The molecule has 2 aliphatic rings. The van der Waals surface area contributed by atoms with E-state index in [1.54, 1.807) is 29.2 Å². The van der Waals surface area contributed by atoms with Crippen LogP contribution < -0.4 is 10.1 Å². The number of hydrogen-bond donors (Lipinski definition) is 1. The third kappa shape index (κ3) is 5.35. The highest BCUT2D eigenvalue weighted by molar-refractivity contribution is 5.95. The van der Waals surface area contributed by atoms with Crippen LogP contribution in [0.5, 0.6) is 11.5 Å². The molecule has 5 aromatic rings. The summed E-state index contributed by atoms with van der Waals surface area (Å²) < 4.78 is 7.55. The number of hydrogen-bond acceptors (Lipinski definition) is 5. The molecule has 0 radical (unpaired) electrons. The van der Waals surface area contributed by atoms with Crippen LogP contribution in [0.15, 0.2) is 110 Å². The van der Waals surface area contributed by atoms with Crippen LogP contribution in [0.25, 0.3) is 5.82 Å². The molecule has 44 heavy (non-hydrogen) atoms. The SMILES string of the molecule is Cc1ccc2c(c1)C(NC(=O)c1ccc(-n3cccn3)nc1)CC21CCN(C(=O)c2ccc(Oc3ccccc3)cc2)CC1. The summed E-state index contributed by atoms with van der Waals surface area (Å²) in [6.45, 7) is 3.40. The largest absolute Gasteiger partial charge is 0.457 e. The minimum absolute atomic E-state index is 0.0316. The average Bonchev–Trinajstić information content (AvgIpc) is 3.69. The summed E-state index contributed by atoms with van der Waals surface area (Å²) in [5, 5.41) is 7.49. The first-order valence-electron chi connectivity index (χ1n) is 15.0. The number of nitrogens with one attached hydrogen (secondary N) is 1. The number of aryl methyl sites for hydroxylation is 1. The smallest absolute Gasteiger partial charge is 0.253 e. The molecule has 3 aromatic carbocycles. The molecule has 220 valence electrons. The molecule has 1 unspecified atom stereocenters. The molecule has 1 N–H and O–H groups in total. The Morgan fingerprint density at radius 3 is 2.34 bits per heavy atom. The molecule has 1 aliphatic heterocycles. The number of nitrogens with zero attached hydrogens (tertiary/aromatic N) is 4. The summed E-state index contributed by atoms with van der Waals surface area (Å²) in [6.07, 6.45) is 7.60. The Bertz CT molecular complexity index is 1780. The van der Waals surface area contributed by atoms with Crippen molar-refractivity contribution in [1.82, 2.24) is 25.0 Å². The van der Waals surface area contributed by atoms with E-state index in [1.165, 1.54) is 11.1 Å². The monoisotopic (exact) mass is 583 g/mol. The number of carbonyl (C=O) groups is 2. The van der Waals surface area contributed by atoms with Gasteiger partial charge in [0.2, 0.25) is 0 Å². The van der Waals surface area contributed by atoms with E-state index < -0.39 is 0 Å². The maximum atomic E-state index is 13.4. The van der Waals surface area contributed by atoms with Gasteiger partial charge >= 0.3 is 0 Å². The van der Waals surface area contributed by atoms with Crippen molar-refractivity contribution in [3.63, 3.8) is 0 Å². The predicted octanol–water partition coefficient (Wildman–Crippen LogP) is 6.42. The first-order chi connectivity index (χ1) is 21.5. The number of rotatable bonds is 6. The maximum Gasteiger partial charge on any atom is 0.253 e. The molecule has 8 heteroatoms. The van der Waals surface area contributed by atoms with Crippen molar-refractivity contribution in [2.24, 2.45) is 0 Å². The van der Waals surface area contributed by atoms with Gasteiger partial charge in [-0.3, -0.25) is 9.59 Å². The van der Waals surface area contributed by atoms with E-state index in [-0.39, 0.29) is 23.3 Å². The van der Waals surface area contributed by atoms with Crippen LogP contribution in [-0.2, 0) is 5.41 Å². The van der Waals surface area contributed by atoms with Gasteiger partial charge in [-0.1, -0.05) is 42.0 Å². The summed E-state index contributed by atoms with van der Waals surface area (Å²) in [5.74, 6) is 2.00. The van der Waals surface area contributed by atoms with Crippen molar-refractivity contribution in [3.8, 4) is 17.3 Å². The van der Waals surface area contributed by atoms with Crippen LogP contribution >= 0.6 is 0 Å². The number of carbonyl (C=O) groups excluding carboxylic acids is 2. The second kappa shape index (κ2) is 11.4. The van der Waals surface area contributed by atoms with Crippen molar-refractivity contribution in [3.05, 3.63) is 137 Å². The molecule has 0 bridgehead atoms. The molecule has 2 aromatic heterocycles. The van der Waals surface area contributed by atoms with Gasteiger partial charge in [-0.15, -0.1) is 0 Å². The molecule has 1 aliphatic carbocycles. The number of fused-ring (bicyclic) bond motifs is 2. The van der Waals surface area contributed by atoms with Crippen molar-refractivity contribution >= 4 is 11.8 Å². The first kappa shape index (κ1) is 27.6. The minimum atomic E-state index is -0.147. The quantitative estimate of drug-likeness (QED) is 0.249. The number of piperidine rings is 1. The third-order valence-corrected chi connectivity index (χ3v) is 8.89. The van der Waals surface area contributed by atoms with Gasteiger partial charge in [-0.05, 0) is 91.9 Å². The highest BCUT2D eigenvalue weighted by Gasteiger charge is 2.46. The number of likely N-dealkylation sites (tertiary alicyclic amines) is 1. The normalized spacial score (nSPS) is 16.8. The number of pyridine rings is 1. The van der Waals surface area contributed by atoms with Gasteiger partial charge in [-0.2, -0.15) is 5.10 Å². The summed E-state index contributed by atoms with van der Waals surface area (Å²) in [7, 11) is 0. The molecule has 2 amide bonds. The van der Waals surface area contributed by atoms with Crippen molar-refractivity contribution in [2.75, 3.05) is 13.1 Å². The highest BCUT2D eigenvalue weighted by atomic mass is 16.5. The van der Waals surface area contributed by atoms with Crippen molar-refractivity contribution in [1.29, 1.82) is 0 Å². The zero-order valence-corrected chi connectivity index (χ0v) is 24.5. The number of aromatic nitrogens is 3. The van der Waals surface area contributed by atoms with E-state index in [1.807, 2.05) is 71.8 Å². The zero-order chi connectivity index (χ0) is 30.1. The maximum absolute atomic E-state index is 13.4. The zero-order valence-electron chi connectivity index (χ0n) is 24.5. The number of benzene rings is 3. The molecule has 7 rings (SSSR count). The van der Waals surface area contributed by atoms with Crippen LogP contribution in [0.2, 0.25) is 0 Å². The Morgan fingerprint density at radius 2 is 1.64 bits per heavy atom. The summed E-state index contributed by atoms with van der Waals surface area (Å²) in [4.78, 5) is 33.2. The van der Waals surface area contributed by atoms with E-state index in [9.17, 15) is 9.59 Å². The highest BCUT2D eigenvalue weighted by Crippen LogP contribution is 2.51. The van der Waals surface area contributed by atoms with Crippen LogP contribution in [-0.4, -0.2) is 44.6 Å². The summed E-state index contributed by atoms with van der Waals surface area (Å²) in [5.41, 5.74) is 4.70. The lowest BCUT2D eigenvalue weighted by Gasteiger charge is -2.40. The molecular formula is C36H33N5O3. The molecule has 8 nitrogen and oxygen atoms in total. The lowest BCUT2D eigenvalue weighted by Crippen LogP contribution is -2.44. The molecular weight excluding hydrogens is 550 g/mol. The first-order valence-corrected chi connectivity index (χ1v) is 15.0. The second-order valence-electron chi connectivity index (χ2n) is 11.7. The topological polar surface area (TPSA) is 89.4 Å².